The zero-order valence-electron chi connectivity index (χ0n) is 14.7. The van der Waals surface area contributed by atoms with Crippen LogP contribution in [0.15, 0.2) is 24.3 Å². The summed E-state index contributed by atoms with van der Waals surface area (Å²) < 4.78 is 0. The molecule has 2 fully saturated rings. The van der Waals surface area contributed by atoms with Crippen LogP contribution >= 0.6 is 12.4 Å². The normalized spacial score (nSPS) is 27.5. The number of benzene rings is 1. The number of hydrogen-bond acceptors (Lipinski definition) is 4. The highest BCUT2D eigenvalue weighted by molar-refractivity contribution is 6.07. The molecule has 7 nitrogen and oxygen atoms in total. The summed E-state index contributed by atoms with van der Waals surface area (Å²) in [5.74, 6) is -0.0703. The van der Waals surface area contributed by atoms with Crippen molar-refractivity contribution in [1.82, 2.24) is 16.0 Å². The van der Waals surface area contributed by atoms with Crippen molar-refractivity contribution in [3.63, 3.8) is 0 Å². The molecule has 3 atom stereocenters. The van der Waals surface area contributed by atoms with Crippen LogP contribution < -0.4 is 21.7 Å². The maximum atomic E-state index is 12.1. The Balaban J connectivity index is 0.00000243. The largest absolute Gasteiger partial charge is 0.352 e. The maximum absolute atomic E-state index is 12.1. The Kier molecular flexibility index (Phi) is 6.26. The van der Waals surface area contributed by atoms with Gasteiger partial charge in [-0.2, -0.15) is 0 Å². The molecule has 1 aliphatic carbocycles. The van der Waals surface area contributed by atoms with E-state index in [9.17, 15) is 14.4 Å². The predicted molar refractivity (Wildman–Crippen MR) is 99.5 cm³/mol. The van der Waals surface area contributed by atoms with Crippen LogP contribution in [0.25, 0.3) is 0 Å². The Hall–Kier alpha value is -2.12. The van der Waals surface area contributed by atoms with Crippen LogP contribution in [0.4, 0.5) is 4.79 Å². The van der Waals surface area contributed by atoms with Gasteiger partial charge in [-0.25, -0.2) is 4.79 Å². The molecule has 1 aliphatic heterocycles. The van der Waals surface area contributed by atoms with E-state index in [2.05, 4.69) is 16.0 Å². The quantitative estimate of drug-likeness (QED) is 0.576. The monoisotopic (exact) mass is 380 g/mol. The van der Waals surface area contributed by atoms with E-state index < -0.39 is 11.6 Å². The highest BCUT2D eigenvalue weighted by Crippen LogP contribution is 2.27. The van der Waals surface area contributed by atoms with Gasteiger partial charge in [-0.15, -0.1) is 12.4 Å². The summed E-state index contributed by atoms with van der Waals surface area (Å²) in [5, 5.41) is 7.79. The second kappa shape index (κ2) is 8.05. The van der Waals surface area contributed by atoms with Crippen LogP contribution in [-0.4, -0.2) is 23.9 Å². The summed E-state index contributed by atoms with van der Waals surface area (Å²) in [6, 6.07) is 6.92. The highest BCUT2D eigenvalue weighted by atomic mass is 35.5. The molecule has 4 amide bonds. The molecule has 0 spiro atoms. The number of hydrogen-bond donors (Lipinski definition) is 4. The van der Waals surface area contributed by atoms with Gasteiger partial charge in [0, 0.05) is 19.0 Å². The smallest absolute Gasteiger partial charge is 0.322 e. The standard InChI is InChI=1S/C18H24N4O3.ClH/c1-18(16(24)21-17(25)22-18)13-7-5-11(6-8-13)10-20-15(23)9-12-3-2-4-14(12)19;/h5-8,12,14H,2-4,9-10,19H2,1H3,(H,20,23)(H2,21,22,24,25);1H/t12-,14+,18?;/m0./s1. The van der Waals surface area contributed by atoms with E-state index in [0.717, 1.165) is 24.8 Å². The Morgan fingerprint density at radius 3 is 2.50 bits per heavy atom. The molecule has 0 aromatic heterocycles. The van der Waals surface area contributed by atoms with Crippen LogP contribution in [0, 0.1) is 5.92 Å². The first-order valence-electron chi connectivity index (χ1n) is 8.64. The molecule has 1 saturated carbocycles. The van der Waals surface area contributed by atoms with Gasteiger partial charge >= 0.3 is 6.03 Å². The molecule has 2 aliphatic rings. The van der Waals surface area contributed by atoms with Crippen molar-refractivity contribution < 1.29 is 14.4 Å². The number of amides is 4. The first-order valence-corrected chi connectivity index (χ1v) is 8.64. The molecule has 1 heterocycles. The Bertz CT molecular complexity index is 694. The van der Waals surface area contributed by atoms with Gasteiger partial charge < -0.3 is 16.4 Å². The fourth-order valence-corrected chi connectivity index (χ4v) is 3.53. The zero-order chi connectivity index (χ0) is 18.0. The van der Waals surface area contributed by atoms with Crippen molar-refractivity contribution in [2.75, 3.05) is 0 Å². The first kappa shape index (κ1) is 20.2. The fourth-order valence-electron chi connectivity index (χ4n) is 3.53. The molecule has 1 aromatic rings. The average Bonchev–Trinajstić information content (AvgIpc) is 3.09. The van der Waals surface area contributed by atoms with E-state index in [1.165, 1.54) is 0 Å². The molecule has 3 rings (SSSR count). The first-order chi connectivity index (χ1) is 11.9. The van der Waals surface area contributed by atoms with Crippen molar-refractivity contribution in [2.45, 2.75) is 50.7 Å². The lowest BCUT2D eigenvalue weighted by Gasteiger charge is -2.21. The minimum Gasteiger partial charge on any atom is -0.352 e. The van der Waals surface area contributed by atoms with E-state index in [1.54, 1.807) is 19.1 Å². The molecular weight excluding hydrogens is 356 g/mol. The molecule has 8 heteroatoms. The third-order valence-corrected chi connectivity index (χ3v) is 5.23. The molecule has 1 saturated heterocycles. The molecule has 5 N–H and O–H groups in total. The lowest BCUT2D eigenvalue weighted by atomic mass is 9.91. The van der Waals surface area contributed by atoms with Gasteiger partial charge in [0.2, 0.25) is 5.91 Å². The van der Waals surface area contributed by atoms with Gasteiger partial charge in [0.25, 0.3) is 5.91 Å². The van der Waals surface area contributed by atoms with Crippen molar-refractivity contribution in [3.05, 3.63) is 35.4 Å². The minimum absolute atomic E-state index is 0. The zero-order valence-corrected chi connectivity index (χ0v) is 15.5. The van der Waals surface area contributed by atoms with Crippen molar-refractivity contribution in [2.24, 2.45) is 11.7 Å². The second-order valence-corrected chi connectivity index (χ2v) is 7.07. The number of carbonyl (C=O) groups excluding carboxylic acids is 3. The van der Waals surface area contributed by atoms with Crippen LogP contribution in [0.3, 0.4) is 0 Å². The number of imide groups is 1. The number of nitrogens with one attached hydrogen (secondary N) is 3. The van der Waals surface area contributed by atoms with Crippen LogP contribution in [0.2, 0.25) is 0 Å². The third-order valence-electron chi connectivity index (χ3n) is 5.23. The second-order valence-electron chi connectivity index (χ2n) is 7.07. The lowest BCUT2D eigenvalue weighted by Crippen LogP contribution is -2.40. The van der Waals surface area contributed by atoms with E-state index in [-0.39, 0.29) is 36.2 Å². The van der Waals surface area contributed by atoms with Crippen LogP contribution in [0.1, 0.15) is 43.7 Å². The lowest BCUT2D eigenvalue weighted by molar-refractivity contribution is -0.124. The average molecular weight is 381 g/mol. The Morgan fingerprint density at radius 2 is 1.96 bits per heavy atom. The number of urea groups is 1. The predicted octanol–water partition coefficient (Wildman–Crippen LogP) is 1.30. The summed E-state index contributed by atoms with van der Waals surface area (Å²) >= 11 is 0. The molecule has 142 valence electrons. The van der Waals surface area contributed by atoms with Gasteiger partial charge in [0.1, 0.15) is 5.54 Å². The van der Waals surface area contributed by atoms with Gasteiger partial charge in [-0.3, -0.25) is 14.9 Å². The van der Waals surface area contributed by atoms with Crippen LogP contribution in [-0.2, 0) is 21.7 Å². The SMILES string of the molecule is CC1(c2ccc(CNC(=O)C[C@@H]3CCC[C@H]3N)cc2)NC(=O)NC1=O.Cl. The molecule has 1 aromatic carbocycles. The van der Waals surface area contributed by atoms with Crippen molar-refractivity contribution in [1.29, 1.82) is 0 Å². The summed E-state index contributed by atoms with van der Waals surface area (Å²) in [4.78, 5) is 35.3. The number of halogens is 1. The Labute approximate surface area is 158 Å². The Morgan fingerprint density at radius 1 is 1.27 bits per heavy atom. The van der Waals surface area contributed by atoms with Gasteiger partial charge in [-0.1, -0.05) is 30.7 Å². The molecule has 0 radical (unpaired) electrons. The van der Waals surface area contributed by atoms with Gasteiger partial charge in [-0.05, 0) is 36.8 Å². The topological polar surface area (TPSA) is 113 Å². The number of rotatable bonds is 5. The van der Waals surface area contributed by atoms with E-state index in [1.807, 2.05) is 12.1 Å². The van der Waals surface area contributed by atoms with Crippen molar-refractivity contribution >= 4 is 30.3 Å². The number of nitrogens with two attached hydrogens (primary N) is 1. The van der Waals surface area contributed by atoms with Gasteiger partial charge in [0.15, 0.2) is 0 Å². The molecule has 26 heavy (non-hydrogen) atoms. The highest BCUT2D eigenvalue weighted by Gasteiger charge is 2.43. The summed E-state index contributed by atoms with van der Waals surface area (Å²) in [6.07, 6.45) is 3.60. The molecule has 1 unspecified atom stereocenters. The van der Waals surface area contributed by atoms with Gasteiger partial charge in [0.05, 0.1) is 0 Å². The van der Waals surface area contributed by atoms with Crippen LogP contribution in [0.5, 0.6) is 0 Å². The summed E-state index contributed by atoms with van der Waals surface area (Å²) in [5.41, 5.74) is 6.57. The third kappa shape index (κ3) is 4.16. The molecule has 0 bridgehead atoms. The maximum Gasteiger partial charge on any atom is 0.322 e. The number of carbonyl (C=O) groups is 3. The minimum atomic E-state index is -1.06. The fraction of sp³-hybridized carbons (Fsp3) is 0.500. The van der Waals surface area contributed by atoms with Crippen molar-refractivity contribution in [3.8, 4) is 0 Å². The van der Waals surface area contributed by atoms with E-state index in [0.29, 0.717) is 18.5 Å². The van der Waals surface area contributed by atoms with E-state index >= 15 is 0 Å². The summed E-state index contributed by atoms with van der Waals surface area (Å²) in [7, 11) is 0. The van der Waals surface area contributed by atoms with E-state index in [4.69, 9.17) is 5.73 Å². The summed E-state index contributed by atoms with van der Waals surface area (Å²) in [6.45, 7) is 2.09. The molecular formula is C18H25ClN4O3.